The van der Waals surface area contributed by atoms with E-state index in [0.29, 0.717) is 11.4 Å². The first-order valence-corrected chi connectivity index (χ1v) is 10.0. The molecule has 3 atom stereocenters. The fourth-order valence-electron chi connectivity index (χ4n) is 3.83. The van der Waals surface area contributed by atoms with Crippen LogP contribution in [0, 0.1) is 17.6 Å². The van der Waals surface area contributed by atoms with E-state index in [1.165, 1.54) is 24.4 Å². The fourth-order valence-corrected chi connectivity index (χ4v) is 5.27. The molecule has 2 aliphatic rings. The van der Waals surface area contributed by atoms with Gasteiger partial charge in [0.2, 0.25) is 5.91 Å². The van der Waals surface area contributed by atoms with Crippen molar-refractivity contribution < 1.29 is 18.4 Å². The number of aromatic nitrogens is 1. The molecule has 30 heavy (non-hydrogen) atoms. The Kier molecular flexibility index (Phi) is 4.74. The van der Waals surface area contributed by atoms with E-state index in [1.54, 1.807) is 6.92 Å². The van der Waals surface area contributed by atoms with Gasteiger partial charge in [0.05, 0.1) is 10.6 Å². The fraction of sp³-hybridized carbons (Fsp3) is 0.263. The number of anilines is 1. The molecule has 0 spiro atoms. The number of halogens is 3. The molecule has 0 bridgehead atoms. The highest BCUT2D eigenvalue weighted by Crippen LogP contribution is 2.65. The highest BCUT2D eigenvalue weighted by Gasteiger charge is 2.70. The van der Waals surface area contributed by atoms with Crippen LogP contribution in [-0.2, 0) is 10.3 Å². The number of nitrogens with one attached hydrogen (secondary N) is 1. The predicted octanol–water partition coefficient (Wildman–Crippen LogP) is 2.79. The second kappa shape index (κ2) is 6.92. The number of fused-ring (bicyclic) bond motifs is 1. The van der Waals surface area contributed by atoms with Crippen LogP contribution in [-0.4, -0.2) is 26.7 Å². The third kappa shape index (κ3) is 3.20. The van der Waals surface area contributed by atoms with Gasteiger partial charge in [0, 0.05) is 29.4 Å². The Hall–Kier alpha value is -2.72. The van der Waals surface area contributed by atoms with E-state index in [0.717, 1.165) is 17.8 Å². The lowest BCUT2D eigenvalue weighted by atomic mass is 9.85. The Balaban J connectivity index is 1.72. The van der Waals surface area contributed by atoms with Crippen LogP contribution in [0.4, 0.5) is 14.5 Å². The van der Waals surface area contributed by atoms with Crippen molar-refractivity contribution in [3.8, 4) is 0 Å². The molecule has 7 nitrogen and oxygen atoms in total. The van der Waals surface area contributed by atoms with Crippen molar-refractivity contribution in [2.24, 2.45) is 22.4 Å². The Morgan fingerprint density at radius 1 is 1.33 bits per heavy atom. The maximum Gasteiger partial charge on any atom is 0.274 e. The van der Waals surface area contributed by atoms with E-state index in [4.69, 9.17) is 23.1 Å². The molecule has 11 heteroatoms. The lowest BCUT2D eigenvalue weighted by Gasteiger charge is -2.33. The molecule has 1 aliphatic heterocycles. The van der Waals surface area contributed by atoms with Gasteiger partial charge in [-0.15, -0.1) is 0 Å². The van der Waals surface area contributed by atoms with Crippen LogP contribution >= 0.6 is 23.4 Å². The number of hydrogen-bond donors (Lipinski definition) is 3. The summed E-state index contributed by atoms with van der Waals surface area (Å²) in [4.78, 5) is 32.6. The molecule has 0 saturated heterocycles. The minimum Gasteiger partial charge on any atom is -0.378 e. The number of rotatable bonds is 4. The smallest absolute Gasteiger partial charge is 0.274 e. The van der Waals surface area contributed by atoms with E-state index >= 15 is 0 Å². The highest BCUT2D eigenvalue weighted by atomic mass is 35.5. The van der Waals surface area contributed by atoms with Crippen LogP contribution in [0.2, 0.25) is 5.02 Å². The van der Waals surface area contributed by atoms with Gasteiger partial charge in [-0.3, -0.25) is 14.6 Å². The number of nitrogens with two attached hydrogens (primary N) is 2. The number of thioether (sulfide) groups is 1. The van der Waals surface area contributed by atoms with Crippen molar-refractivity contribution in [2.45, 2.75) is 23.6 Å². The molecule has 1 aliphatic carbocycles. The van der Waals surface area contributed by atoms with Gasteiger partial charge >= 0.3 is 0 Å². The second-order valence-corrected chi connectivity index (χ2v) is 9.13. The van der Waals surface area contributed by atoms with Crippen LogP contribution in [0.25, 0.3) is 0 Å². The predicted molar refractivity (Wildman–Crippen MR) is 110 cm³/mol. The van der Waals surface area contributed by atoms with Crippen LogP contribution in [0.5, 0.6) is 0 Å². The van der Waals surface area contributed by atoms with E-state index in [1.807, 2.05) is 0 Å². The summed E-state index contributed by atoms with van der Waals surface area (Å²) in [5.41, 5.74) is 10.0. The van der Waals surface area contributed by atoms with Crippen LogP contribution < -0.4 is 16.8 Å². The number of primary amides is 1. The molecule has 1 aromatic carbocycles. The number of carbonyl (C=O) groups is 2. The Morgan fingerprint density at radius 3 is 2.70 bits per heavy atom. The summed E-state index contributed by atoms with van der Waals surface area (Å²) in [7, 11) is 0. The van der Waals surface area contributed by atoms with Gasteiger partial charge in [0.25, 0.3) is 5.91 Å². The number of pyridine rings is 1. The van der Waals surface area contributed by atoms with Crippen LogP contribution in [0.1, 0.15) is 29.4 Å². The topological polar surface area (TPSA) is 123 Å². The normalized spacial score (nSPS) is 27.1. The molecular weight excluding hydrogens is 436 g/mol. The minimum atomic E-state index is -1.32. The molecule has 0 radical (unpaired) electrons. The van der Waals surface area contributed by atoms with Crippen molar-refractivity contribution in [1.29, 1.82) is 0 Å². The quantitative estimate of drug-likeness (QED) is 0.659. The van der Waals surface area contributed by atoms with Gasteiger partial charge in [0.1, 0.15) is 10.4 Å². The van der Waals surface area contributed by atoms with E-state index in [-0.39, 0.29) is 22.1 Å². The third-order valence-corrected chi connectivity index (χ3v) is 6.97. The molecule has 2 aromatic rings. The first-order chi connectivity index (χ1) is 14.1. The maximum atomic E-state index is 14.8. The number of hydrogen-bond acceptors (Lipinski definition) is 6. The average Bonchev–Trinajstić information content (AvgIpc) is 3.42. The largest absolute Gasteiger partial charge is 0.378 e. The summed E-state index contributed by atoms with van der Waals surface area (Å²) in [5.74, 6) is -3.98. The minimum absolute atomic E-state index is 0.00389. The summed E-state index contributed by atoms with van der Waals surface area (Å²) in [5, 5.41) is 2.90. The summed E-state index contributed by atoms with van der Waals surface area (Å²) < 4.78 is 28.2. The van der Waals surface area contributed by atoms with Crippen molar-refractivity contribution in [1.82, 2.24) is 4.98 Å². The lowest BCUT2D eigenvalue weighted by Crippen LogP contribution is -2.42. The SMILES string of the molecule is C[C@]1(c2cc(NC(=O)c3ccc(Cl)cn3)cc(F)c2F)N=C(N)S[C@@]2(C(N)=O)CC21. The van der Waals surface area contributed by atoms with Gasteiger partial charge in [-0.05, 0) is 31.5 Å². The summed E-state index contributed by atoms with van der Waals surface area (Å²) in [6.45, 7) is 1.57. The number of nitrogens with zero attached hydrogens (tertiary/aromatic N) is 2. The number of benzene rings is 1. The average molecular weight is 452 g/mol. The van der Waals surface area contributed by atoms with Gasteiger partial charge < -0.3 is 16.8 Å². The Bertz CT molecular complexity index is 1110. The van der Waals surface area contributed by atoms with E-state index in [9.17, 15) is 18.4 Å². The Morgan fingerprint density at radius 2 is 2.07 bits per heavy atom. The van der Waals surface area contributed by atoms with E-state index in [2.05, 4.69) is 15.3 Å². The molecule has 5 N–H and O–H groups in total. The number of aliphatic imine (C=N–C) groups is 1. The van der Waals surface area contributed by atoms with Gasteiger partial charge in [-0.1, -0.05) is 23.4 Å². The first-order valence-electron chi connectivity index (χ1n) is 8.83. The van der Waals surface area contributed by atoms with Crippen molar-refractivity contribution in [2.75, 3.05) is 5.32 Å². The van der Waals surface area contributed by atoms with Crippen LogP contribution in [0.3, 0.4) is 0 Å². The molecule has 1 unspecified atom stereocenters. The summed E-state index contributed by atoms with van der Waals surface area (Å²) in [6.07, 6.45) is 1.63. The Labute approximate surface area is 179 Å². The number of amidine groups is 1. The summed E-state index contributed by atoms with van der Waals surface area (Å²) in [6, 6.07) is 5.02. The molecule has 1 aromatic heterocycles. The van der Waals surface area contributed by atoms with Gasteiger partial charge in [-0.25, -0.2) is 13.8 Å². The zero-order valence-electron chi connectivity index (χ0n) is 15.6. The monoisotopic (exact) mass is 451 g/mol. The highest BCUT2D eigenvalue weighted by molar-refractivity contribution is 8.15. The van der Waals surface area contributed by atoms with Crippen LogP contribution in [0.15, 0.2) is 35.5 Å². The molecular formula is C19H16ClF2N5O2S. The second-order valence-electron chi connectivity index (χ2n) is 7.35. The zero-order valence-corrected chi connectivity index (χ0v) is 17.2. The van der Waals surface area contributed by atoms with E-state index < -0.39 is 39.7 Å². The number of carbonyl (C=O) groups excluding carboxylic acids is 2. The third-order valence-electron chi connectivity index (χ3n) is 5.43. The lowest BCUT2D eigenvalue weighted by molar-refractivity contribution is -0.118. The van der Waals surface area contributed by atoms with Crippen molar-refractivity contribution in [3.05, 3.63) is 58.4 Å². The standard InChI is InChI=1S/C19H16ClF2N5O2S/c1-18(13-6-19(13,16(23)29)30-17(24)27-18)10-4-9(5-11(21)14(10)22)26-15(28)12-3-2-8(20)7-25-12/h2-5,7,13H,6H2,1H3,(H2,23,29)(H2,24,27)(H,26,28)/t13?,18-,19+/m1/s1. The summed E-state index contributed by atoms with van der Waals surface area (Å²) >= 11 is 6.80. The molecule has 2 amide bonds. The molecule has 2 heterocycles. The van der Waals surface area contributed by atoms with Crippen molar-refractivity contribution in [3.63, 3.8) is 0 Å². The molecule has 156 valence electrons. The molecule has 4 rings (SSSR count). The van der Waals surface area contributed by atoms with Crippen molar-refractivity contribution >= 4 is 46.0 Å². The maximum absolute atomic E-state index is 14.8. The van der Waals surface area contributed by atoms with Gasteiger partial charge in [0.15, 0.2) is 16.8 Å². The molecule has 1 fully saturated rings. The zero-order chi connectivity index (χ0) is 21.8. The number of amides is 2. The molecule has 1 saturated carbocycles. The first kappa shape index (κ1) is 20.5. The van der Waals surface area contributed by atoms with Gasteiger partial charge in [-0.2, -0.15) is 0 Å².